The van der Waals surface area contributed by atoms with E-state index in [0.717, 1.165) is 19.3 Å². The number of fused-ring (bicyclic) bond motifs is 1. The van der Waals surface area contributed by atoms with Gasteiger partial charge in [0.25, 0.3) is 5.91 Å². The summed E-state index contributed by atoms with van der Waals surface area (Å²) < 4.78 is 5.44. The van der Waals surface area contributed by atoms with Crippen molar-refractivity contribution in [2.45, 2.75) is 102 Å². The molecular weight excluding hydrogens is 294 g/mol. The first kappa shape index (κ1) is 18.4. The first-order valence-electron chi connectivity index (χ1n) is 9.10. The normalized spacial score (nSPS) is 35.0. The van der Waals surface area contributed by atoms with E-state index in [0.29, 0.717) is 6.42 Å². The van der Waals surface area contributed by atoms with E-state index in [9.17, 15) is 14.7 Å². The Bertz CT molecular complexity index is 462. The van der Waals surface area contributed by atoms with E-state index < -0.39 is 22.8 Å². The number of carbonyl (C=O) groups excluding carboxylic acids is 2. The van der Waals surface area contributed by atoms with Crippen LogP contribution in [0, 0.1) is 0 Å². The Morgan fingerprint density at radius 2 is 1.57 bits per heavy atom. The molecule has 23 heavy (non-hydrogen) atoms. The minimum Gasteiger partial charge on any atom is -0.368 e. The molecule has 0 aliphatic carbocycles. The van der Waals surface area contributed by atoms with Crippen LogP contribution in [-0.2, 0) is 14.3 Å². The number of amides is 1. The van der Waals surface area contributed by atoms with Crippen molar-refractivity contribution < 1.29 is 19.4 Å². The molecule has 0 radical (unpaired) electrons. The Balaban J connectivity index is 1.64. The van der Waals surface area contributed by atoms with Crippen LogP contribution >= 0.6 is 0 Å². The second kappa shape index (κ2) is 6.89. The zero-order valence-electron chi connectivity index (χ0n) is 14.7. The van der Waals surface area contributed by atoms with Gasteiger partial charge >= 0.3 is 0 Å². The zero-order chi connectivity index (χ0) is 17.1. The van der Waals surface area contributed by atoms with Crippen molar-refractivity contribution in [1.82, 2.24) is 5.32 Å². The molecule has 2 aliphatic rings. The van der Waals surface area contributed by atoms with E-state index in [-0.39, 0.29) is 5.78 Å². The number of ketones is 1. The number of hydrogen-bond donors (Lipinski definition) is 2. The van der Waals surface area contributed by atoms with Gasteiger partial charge in [-0.15, -0.1) is 0 Å². The molecule has 2 N–H and O–H groups in total. The van der Waals surface area contributed by atoms with Crippen LogP contribution in [0.5, 0.6) is 0 Å². The second-order valence-corrected chi connectivity index (χ2v) is 7.34. The van der Waals surface area contributed by atoms with E-state index in [1.165, 1.54) is 45.4 Å². The van der Waals surface area contributed by atoms with Gasteiger partial charge in [-0.2, -0.15) is 0 Å². The maximum atomic E-state index is 12.4. The molecule has 2 aliphatic heterocycles. The number of aliphatic hydroxyl groups is 1. The van der Waals surface area contributed by atoms with Crippen LogP contribution in [0.1, 0.15) is 85.0 Å². The lowest BCUT2D eigenvalue weighted by atomic mass is 9.85. The van der Waals surface area contributed by atoms with Crippen LogP contribution in [0.4, 0.5) is 0 Å². The summed E-state index contributed by atoms with van der Waals surface area (Å²) in [5, 5.41) is 12.6. The summed E-state index contributed by atoms with van der Waals surface area (Å²) in [5.74, 6) is -0.691. The lowest BCUT2D eigenvalue weighted by molar-refractivity contribution is -0.139. The van der Waals surface area contributed by atoms with Crippen LogP contribution in [-0.4, -0.2) is 33.7 Å². The Hall–Kier alpha value is -0.940. The van der Waals surface area contributed by atoms with Gasteiger partial charge in [0, 0.05) is 6.42 Å². The third kappa shape index (κ3) is 3.18. The topological polar surface area (TPSA) is 78.9 Å². The molecule has 0 aromatic carbocycles. The molecule has 132 valence electrons. The lowest BCUT2D eigenvalue weighted by Crippen LogP contribution is -2.49. The second-order valence-electron chi connectivity index (χ2n) is 7.34. The van der Waals surface area contributed by atoms with Gasteiger partial charge < -0.3 is 15.2 Å². The Morgan fingerprint density at radius 1 is 1.04 bits per heavy atom. The molecule has 2 rings (SSSR count). The van der Waals surface area contributed by atoms with E-state index in [2.05, 4.69) is 12.2 Å². The quantitative estimate of drug-likeness (QED) is 0.348. The number of ether oxygens (including phenoxy) is 1. The predicted octanol–water partition coefficient (Wildman–Crippen LogP) is 2.84. The van der Waals surface area contributed by atoms with Crippen LogP contribution in [0.25, 0.3) is 0 Å². The van der Waals surface area contributed by atoms with Gasteiger partial charge in [-0.05, 0) is 20.3 Å². The summed E-state index contributed by atoms with van der Waals surface area (Å²) in [6.45, 7) is 5.32. The number of hydrogen-bond acceptors (Lipinski definition) is 4. The van der Waals surface area contributed by atoms with Crippen molar-refractivity contribution in [2.24, 2.45) is 0 Å². The smallest absolute Gasteiger partial charge is 0.265 e. The first-order valence-corrected chi connectivity index (χ1v) is 9.10. The Morgan fingerprint density at radius 3 is 2.00 bits per heavy atom. The van der Waals surface area contributed by atoms with Gasteiger partial charge in [0.2, 0.25) is 5.60 Å². The molecular formula is C18H31NO4. The van der Waals surface area contributed by atoms with Gasteiger partial charge in [0.05, 0.1) is 0 Å². The van der Waals surface area contributed by atoms with Crippen LogP contribution in [0.2, 0.25) is 0 Å². The summed E-state index contributed by atoms with van der Waals surface area (Å²) in [6, 6.07) is 0. The van der Waals surface area contributed by atoms with Crippen molar-refractivity contribution in [3.63, 3.8) is 0 Å². The molecule has 5 heteroatoms. The fourth-order valence-corrected chi connectivity index (χ4v) is 3.64. The number of nitrogens with one attached hydrogen (secondary N) is 1. The molecule has 0 aromatic rings. The third-order valence-electron chi connectivity index (χ3n) is 5.49. The molecule has 2 saturated heterocycles. The van der Waals surface area contributed by atoms with E-state index in [1.54, 1.807) is 6.92 Å². The number of epoxide rings is 1. The number of morpholine rings is 1. The number of Topliss-reactive ketones (excluding diaryl/α,β-unsaturated/α-hetero) is 1. The monoisotopic (exact) mass is 325 g/mol. The Labute approximate surface area is 139 Å². The largest absolute Gasteiger partial charge is 0.368 e. The minimum atomic E-state index is -1.47. The summed E-state index contributed by atoms with van der Waals surface area (Å²) in [7, 11) is 0. The number of unbranched alkanes of at least 4 members (excludes halogenated alkanes) is 8. The van der Waals surface area contributed by atoms with Crippen molar-refractivity contribution >= 4 is 11.7 Å². The molecule has 5 nitrogen and oxygen atoms in total. The van der Waals surface area contributed by atoms with Crippen LogP contribution in [0.3, 0.4) is 0 Å². The van der Waals surface area contributed by atoms with E-state index in [4.69, 9.17) is 4.74 Å². The highest BCUT2D eigenvalue weighted by molar-refractivity contribution is 6.16. The first-order chi connectivity index (χ1) is 10.8. The molecule has 0 aromatic heterocycles. The van der Waals surface area contributed by atoms with Gasteiger partial charge in [0.1, 0.15) is 0 Å². The summed E-state index contributed by atoms with van der Waals surface area (Å²) in [6.07, 6.45) is 11.0. The Kier molecular flexibility index (Phi) is 5.52. The summed E-state index contributed by atoms with van der Waals surface area (Å²) in [4.78, 5) is 24.5. The third-order valence-corrected chi connectivity index (χ3v) is 5.49. The van der Waals surface area contributed by atoms with Crippen molar-refractivity contribution in [2.75, 3.05) is 0 Å². The van der Waals surface area contributed by atoms with E-state index in [1.807, 2.05) is 0 Å². The molecule has 1 amide bonds. The molecule has 2 heterocycles. The fourth-order valence-electron chi connectivity index (χ4n) is 3.64. The molecule has 0 saturated carbocycles. The highest BCUT2D eigenvalue weighted by atomic mass is 16.7. The maximum absolute atomic E-state index is 12.4. The molecule has 2 fully saturated rings. The highest BCUT2D eigenvalue weighted by Gasteiger charge is 2.87. The van der Waals surface area contributed by atoms with Crippen LogP contribution in [0.15, 0.2) is 0 Å². The molecule has 3 atom stereocenters. The van der Waals surface area contributed by atoms with Crippen molar-refractivity contribution in [1.29, 1.82) is 0 Å². The highest BCUT2D eigenvalue weighted by Crippen LogP contribution is 2.59. The number of rotatable bonds is 11. The standard InChI is InChI=1S/C18H31NO4/c1-4-5-6-7-8-9-10-11-12-13-14(20)18-15(21)19-17(3,22)16(18,2)23-18/h22H,4-13H2,1-3H3,(H,19,21)/t16-,17?,18+/m0/s1. The lowest BCUT2D eigenvalue weighted by Gasteiger charge is -2.22. The molecule has 0 spiro atoms. The maximum Gasteiger partial charge on any atom is 0.265 e. The summed E-state index contributed by atoms with van der Waals surface area (Å²) in [5.41, 5.74) is -4.04. The van der Waals surface area contributed by atoms with Crippen molar-refractivity contribution in [3.05, 3.63) is 0 Å². The molecule has 1 unspecified atom stereocenters. The zero-order valence-corrected chi connectivity index (χ0v) is 14.7. The minimum absolute atomic E-state index is 0.196. The van der Waals surface area contributed by atoms with Gasteiger partial charge in [0.15, 0.2) is 17.1 Å². The summed E-state index contributed by atoms with van der Waals surface area (Å²) >= 11 is 0. The SMILES string of the molecule is CCCCCCCCCCCC(=O)[C@]12O[C@@]1(C)C(C)(O)NC2=O. The molecule has 0 bridgehead atoms. The fraction of sp³-hybridized carbons (Fsp3) is 0.889. The van der Waals surface area contributed by atoms with Gasteiger partial charge in [-0.1, -0.05) is 58.3 Å². The average molecular weight is 325 g/mol. The van der Waals surface area contributed by atoms with Crippen LogP contribution < -0.4 is 5.32 Å². The predicted molar refractivity (Wildman–Crippen MR) is 87.8 cm³/mol. The van der Waals surface area contributed by atoms with Gasteiger partial charge in [-0.25, -0.2) is 0 Å². The average Bonchev–Trinajstić information content (AvgIpc) is 3.10. The van der Waals surface area contributed by atoms with Crippen molar-refractivity contribution in [3.8, 4) is 0 Å². The van der Waals surface area contributed by atoms with Gasteiger partial charge in [-0.3, -0.25) is 9.59 Å². The van der Waals surface area contributed by atoms with E-state index >= 15 is 0 Å². The number of carbonyl (C=O) groups is 2.